The van der Waals surface area contributed by atoms with E-state index in [2.05, 4.69) is 51.0 Å². The molecule has 86 valence electrons. The fourth-order valence-corrected chi connectivity index (χ4v) is 2.07. The lowest BCUT2D eigenvalue weighted by Crippen LogP contribution is -2.09. The molecule has 16 heavy (non-hydrogen) atoms. The molecule has 0 aliphatic rings. The first kappa shape index (κ1) is 11.2. The summed E-state index contributed by atoms with van der Waals surface area (Å²) in [5, 5.41) is 1.21. The summed E-state index contributed by atoms with van der Waals surface area (Å²) in [5.41, 5.74) is 3.74. The lowest BCUT2D eigenvalue weighted by molar-refractivity contribution is 0.358. The normalized spacial score (nSPS) is 11.6. The molecule has 2 heteroatoms. The number of nitrogens with zero attached hydrogens (tertiary/aromatic N) is 1. The van der Waals surface area contributed by atoms with Gasteiger partial charge in [0.05, 0.1) is 6.54 Å². The molecule has 0 radical (unpaired) electrons. The van der Waals surface area contributed by atoms with Crippen LogP contribution in [0, 0.1) is 6.92 Å². The number of benzene rings is 1. The third-order valence-electron chi connectivity index (χ3n) is 2.88. The Bertz CT molecular complexity index is 497. The monoisotopic (exact) mass is 217 g/mol. The van der Waals surface area contributed by atoms with E-state index in [9.17, 15) is 0 Å². The summed E-state index contributed by atoms with van der Waals surface area (Å²) < 4.78 is 5.83. The maximum Gasteiger partial charge on any atom is 0.134 e. The minimum absolute atomic E-state index is 0.856. The summed E-state index contributed by atoms with van der Waals surface area (Å²) in [6, 6.07) is 6.53. The van der Waals surface area contributed by atoms with E-state index in [1.807, 2.05) is 0 Å². The third-order valence-corrected chi connectivity index (χ3v) is 2.88. The van der Waals surface area contributed by atoms with Crippen LogP contribution in [-0.2, 0) is 13.0 Å². The van der Waals surface area contributed by atoms with E-state index in [0.29, 0.717) is 0 Å². The molecule has 0 saturated heterocycles. The van der Waals surface area contributed by atoms with Gasteiger partial charge in [0.2, 0.25) is 0 Å². The zero-order valence-corrected chi connectivity index (χ0v) is 10.5. The number of aryl methyl sites for hydroxylation is 2. The first-order valence-corrected chi connectivity index (χ1v) is 5.77. The van der Waals surface area contributed by atoms with Crippen molar-refractivity contribution in [2.75, 3.05) is 14.1 Å². The largest absolute Gasteiger partial charge is 0.460 e. The number of rotatable bonds is 3. The van der Waals surface area contributed by atoms with Gasteiger partial charge < -0.3 is 9.32 Å². The van der Waals surface area contributed by atoms with E-state index in [-0.39, 0.29) is 0 Å². The molecule has 0 saturated carbocycles. The molecular weight excluding hydrogens is 198 g/mol. The summed E-state index contributed by atoms with van der Waals surface area (Å²) in [6.45, 7) is 5.20. The smallest absolute Gasteiger partial charge is 0.134 e. The van der Waals surface area contributed by atoms with Crippen molar-refractivity contribution in [2.24, 2.45) is 0 Å². The Kier molecular flexibility index (Phi) is 3.01. The highest BCUT2D eigenvalue weighted by molar-refractivity contribution is 5.79. The van der Waals surface area contributed by atoms with Crippen molar-refractivity contribution in [3.63, 3.8) is 0 Å². The van der Waals surface area contributed by atoms with E-state index in [1.165, 1.54) is 16.5 Å². The Hall–Kier alpha value is -1.28. The van der Waals surface area contributed by atoms with E-state index < -0.39 is 0 Å². The predicted octanol–water partition coefficient (Wildman–Crippen LogP) is 3.37. The van der Waals surface area contributed by atoms with Gasteiger partial charge in [-0.15, -0.1) is 0 Å². The zero-order chi connectivity index (χ0) is 11.7. The molecule has 0 spiro atoms. The van der Waals surface area contributed by atoms with Crippen LogP contribution < -0.4 is 0 Å². The van der Waals surface area contributed by atoms with Gasteiger partial charge in [-0.1, -0.05) is 6.92 Å². The predicted molar refractivity (Wildman–Crippen MR) is 67.7 cm³/mol. The molecule has 0 unspecified atom stereocenters. The number of furan rings is 1. The van der Waals surface area contributed by atoms with Gasteiger partial charge in [0.1, 0.15) is 11.3 Å². The maximum atomic E-state index is 5.83. The van der Waals surface area contributed by atoms with Crippen LogP contribution in [0.15, 0.2) is 22.6 Å². The second-order valence-electron chi connectivity index (χ2n) is 4.62. The Balaban J connectivity index is 2.45. The highest BCUT2D eigenvalue weighted by atomic mass is 16.3. The molecule has 0 amide bonds. The summed E-state index contributed by atoms with van der Waals surface area (Å²) in [6.07, 6.45) is 1.06. The van der Waals surface area contributed by atoms with Gasteiger partial charge >= 0.3 is 0 Å². The van der Waals surface area contributed by atoms with Crippen LogP contribution in [0.1, 0.15) is 23.8 Å². The zero-order valence-electron chi connectivity index (χ0n) is 10.5. The lowest BCUT2D eigenvalue weighted by atomic mass is 10.0. The Morgan fingerprint density at radius 2 is 1.94 bits per heavy atom. The van der Waals surface area contributed by atoms with Crippen LogP contribution in [0.5, 0.6) is 0 Å². The van der Waals surface area contributed by atoms with Gasteiger partial charge in [-0.25, -0.2) is 0 Å². The second-order valence-corrected chi connectivity index (χ2v) is 4.62. The summed E-state index contributed by atoms with van der Waals surface area (Å²) in [7, 11) is 4.10. The first-order valence-electron chi connectivity index (χ1n) is 5.77. The summed E-state index contributed by atoms with van der Waals surface area (Å²) in [5.74, 6) is 1.03. The molecule has 0 aliphatic heterocycles. The second kappa shape index (κ2) is 4.30. The minimum Gasteiger partial charge on any atom is -0.460 e. The van der Waals surface area contributed by atoms with Crippen molar-refractivity contribution >= 4 is 11.0 Å². The average Bonchev–Trinajstić information content (AvgIpc) is 2.56. The van der Waals surface area contributed by atoms with E-state index in [0.717, 1.165) is 24.3 Å². The van der Waals surface area contributed by atoms with Gasteiger partial charge in [0.25, 0.3) is 0 Å². The number of hydrogen-bond acceptors (Lipinski definition) is 2. The highest BCUT2D eigenvalue weighted by Crippen LogP contribution is 2.24. The van der Waals surface area contributed by atoms with Crippen molar-refractivity contribution in [3.05, 3.63) is 35.1 Å². The van der Waals surface area contributed by atoms with E-state index in [1.54, 1.807) is 0 Å². The van der Waals surface area contributed by atoms with E-state index >= 15 is 0 Å². The van der Waals surface area contributed by atoms with Gasteiger partial charge in [-0.2, -0.15) is 0 Å². The number of hydrogen-bond donors (Lipinski definition) is 0. The Labute approximate surface area is 96.9 Å². The van der Waals surface area contributed by atoms with Crippen molar-refractivity contribution in [2.45, 2.75) is 26.8 Å². The molecule has 0 aliphatic carbocycles. The molecule has 2 rings (SSSR count). The summed E-state index contributed by atoms with van der Waals surface area (Å²) >= 11 is 0. The lowest BCUT2D eigenvalue weighted by Gasteiger charge is -2.05. The fraction of sp³-hybridized carbons (Fsp3) is 0.429. The van der Waals surface area contributed by atoms with Crippen LogP contribution in [0.3, 0.4) is 0 Å². The molecular formula is C14H19NO. The SMILES string of the molecule is CCc1cc2oc(CN(C)C)cc2cc1C. The third kappa shape index (κ3) is 2.12. The Morgan fingerprint density at radius 1 is 1.19 bits per heavy atom. The van der Waals surface area contributed by atoms with Crippen molar-refractivity contribution in [1.82, 2.24) is 4.90 Å². The van der Waals surface area contributed by atoms with Crippen LogP contribution in [-0.4, -0.2) is 19.0 Å². The number of fused-ring (bicyclic) bond motifs is 1. The molecule has 2 aromatic rings. The highest BCUT2D eigenvalue weighted by Gasteiger charge is 2.07. The van der Waals surface area contributed by atoms with Gasteiger partial charge in [0, 0.05) is 5.39 Å². The van der Waals surface area contributed by atoms with Crippen LogP contribution in [0.25, 0.3) is 11.0 Å². The molecule has 1 heterocycles. The first-order chi connectivity index (χ1) is 7.60. The van der Waals surface area contributed by atoms with Crippen LogP contribution in [0.4, 0.5) is 0 Å². The Morgan fingerprint density at radius 3 is 2.56 bits per heavy atom. The molecule has 0 N–H and O–H groups in total. The standard InChI is InChI=1S/C14H19NO/c1-5-11-8-14-12(6-10(11)2)7-13(16-14)9-15(3)4/h6-8H,5,9H2,1-4H3. The molecule has 2 nitrogen and oxygen atoms in total. The molecule has 0 fully saturated rings. The fourth-order valence-electron chi connectivity index (χ4n) is 2.07. The van der Waals surface area contributed by atoms with Gasteiger partial charge in [-0.05, 0) is 56.8 Å². The van der Waals surface area contributed by atoms with Crippen LogP contribution >= 0.6 is 0 Å². The van der Waals surface area contributed by atoms with Crippen molar-refractivity contribution < 1.29 is 4.42 Å². The molecule has 0 bridgehead atoms. The van der Waals surface area contributed by atoms with E-state index in [4.69, 9.17) is 4.42 Å². The van der Waals surface area contributed by atoms with Crippen LogP contribution in [0.2, 0.25) is 0 Å². The van der Waals surface area contributed by atoms with Gasteiger partial charge in [0.15, 0.2) is 0 Å². The maximum absolute atomic E-state index is 5.83. The minimum atomic E-state index is 0.856. The van der Waals surface area contributed by atoms with Gasteiger partial charge in [-0.3, -0.25) is 0 Å². The average molecular weight is 217 g/mol. The topological polar surface area (TPSA) is 16.4 Å². The molecule has 1 aromatic heterocycles. The molecule has 1 aromatic carbocycles. The van der Waals surface area contributed by atoms with Crippen molar-refractivity contribution in [3.8, 4) is 0 Å². The molecule has 0 atom stereocenters. The quantitative estimate of drug-likeness (QED) is 0.783. The van der Waals surface area contributed by atoms with Crippen molar-refractivity contribution in [1.29, 1.82) is 0 Å². The summed E-state index contributed by atoms with van der Waals surface area (Å²) in [4.78, 5) is 2.12.